The highest BCUT2D eigenvalue weighted by molar-refractivity contribution is 8.02. The highest BCUT2D eigenvalue weighted by Crippen LogP contribution is 2.71. The van der Waals surface area contributed by atoms with Crippen LogP contribution in [0.1, 0.15) is 52.9 Å². The minimum atomic E-state index is -0.972. The Hall–Kier alpha value is -1.54. The molecule has 2 N–H and O–H groups in total. The lowest BCUT2D eigenvalue weighted by Crippen LogP contribution is -2.57. The van der Waals surface area contributed by atoms with Gasteiger partial charge in [-0.3, -0.25) is 14.4 Å². The largest absolute Gasteiger partial charge is 0.481 e. The number of carbonyl (C=O) groups is 3. The number of nitrogens with zero attached hydrogens (tertiary/aromatic N) is 2. The molecule has 3 heterocycles. The average molecular weight is 439 g/mol. The summed E-state index contributed by atoms with van der Waals surface area (Å²) in [6.07, 6.45) is 5.90. The minimum absolute atomic E-state index is 0.148. The van der Waals surface area contributed by atoms with E-state index in [0.717, 1.165) is 19.3 Å². The van der Waals surface area contributed by atoms with E-state index in [0.29, 0.717) is 25.9 Å². The van der Waals surface area contributed by atoms with E-state index >= 15 is 0 Å². The first-order chi connectivity index (χ1) is 14.2. The predicted molar refractivity (Wildman–Crippen MR) is 116 cm³/mol. The fourth-order valence-electron chi connectivity index (χ4n) is 5.75. The SMILES string of the molecule is C=CCN(CCCCC)C(=O)C1N([C@H](C)CO)C(=O)[C@@H]2[C@@H](C(=O)O)[C@@]3(C)CCC12S3. The molecule has 6 atom stereocenters. The Kier molecular flexibility index (Phi) is 6.58. The van der Waals surface area contributed by atoms with Crippen molar-refractivity contribution in [2.75, 3.05) is 19.7 Å². The molecule has 1 spiro atoms. The van der Waals surface area contributed by atoms with Crippen LogP contribution in [-0.4, -0.2) is 79.1 Å². The Morgan fingerprint density at radius 3 is 2.67 bits per heavy atom. The summed E-state index contributed by atoms with van der Waals surface area (Å²) in [6.45, 7) is 10.2. The quantitative estimate of drug-likeness (QED) is 0.401. The molecular weight excluding hydrogens is 404 g/mol. The lowest BCUT2D eigenvalue weighted by molar-refractivity contribution is -0.151. The van der Waals surface area contributed by atoms with E-state index in [2.05, 4.69) is 13.5 Å². The van der Waals surface area contributed by atoms with Crippen LogP contribution in [-0.2, 0) is 14.4 Å². The third-order valence-electron chi connectivity index (χ3n) is 7.15. The van der Waals surface area contributed by atoms with Gasteiger partial charge in [0.2, 0.25) is 11.8 Å². The third-order valence-corrected chi connectivity index (χ3v) is 9.13. The van der Waals surface area contributed by atoms with E-state index in [9.17, 15) is 24.6 Å². The average Bonchev–Trinajstić information content (AvgIpc) is 3.27. The standard InChI is InChI=1S/C22H34N2O5S/c1-5-7-8-12-23(11-6-2)19(27)17-22-10-9-21(4,30-22)16(20(28)29)15(22)18(26)24(17)14(3)13-25/h6,14-17,25H,2,5,7-13H2,1,3-4H3,(H,28,29)/t14-,15+,16+,17?,21-,22?/m1/s1. The summed E-state index contributed by atoms with van der Waals surface area (Å²) in [7, 11) is 0. The fraction of sp³-hybridized carbons (Fsp3) is 0.773. The molecule has 0 aliphatic carbocycles. The second-order valence-electron chi connectivity index (χ2n) is 9.12. The molecule has 0 radical (unpaired) electrons. The van der Waals surface area contributed by atoms with Crippen LogP contribution in [0.2, 0.25) is 0 Å². The zero-order valence-corrected chi connectivity index (χ0v) is 19.0. The Morgan fingerprint density at radius 2 is 2.10 bits per heavy atom. The van der Waals surface area contributed by atoms with Crippen molar-refractivity contribution in [3.63, 3.8) is 0 Å². The Balaban J connectivity index is 2.03. The van der Waals surface area contributed by atoms with Gasteiger partial charge in [-0.2, -0.15) is 0 Å². The van der Waals surface area contributed by atoms with Crippen LogP contribution in [0.4, 0.5) is 0 Å². The van der Waals surface area contributed by atoms with E-state index in [-0.39, 0.29) is 18.4 Å². The molecule has 3 aliphatic rings. The van der Waals surface area contributed by atoms with Gasteiger partial charge in [0.15, 0.2) is 0 Å². The van der Waals surface area contributed by atoms with Gasteiger partial charge in [-0.1, -0.05) is 25.8 Å². The van der Waals surface area contributed by atoms with Crippen LogP contribution >= 0.6 is 11.8 Å². The molecule has 0 saturated carbocycles. The Morgan fingerprint density at radius 1 is 1.40 bits per heavy atom. The summed E-state index contributed by atoms with van der Waals surface area (Å²) in [5, 5.41) is 19.8. The number of aliphatic carboxylic acids is 1. The number of carboxylic acids is 1. The molecule has 0 aromatic heterocycles. The molecular formula is C22H34N2O5S. The Labute approximate surface area is 182 Å². The van der Waals surface area contributed by atoms with Gasteiger partial charge in [0.25, 0.3) is 0 Å². The zero-order chi connectivity index (χ0) is 22.3. The van der Waals surface area contributed by atoms with Gasteiger partial charge in [-0.25, -0.2) is 0 Å². The lowest BCUT2D eigenvalue weighted by atomic mass is 9.66. The van der Waals surface area contributed by atoms with Crippen molar-refractivity contribution in [1.82, 2.24) is 9.80 Å². The molecule has 7 nitrogen and oxygen atoms in total. The maximum Gasteiger partial charge on any atom is 0.308 e. The van der Waals surface area contributed by atoms with Crippen LogP contribution < -0.4 is 0 Å². The number of thioether (sulfide) groups is 1. The van der Waals surface area contributed by atoms with E-state index in [1.54, 1.807) is 17.9 Å². The first kappa shape index (κ1) is 23.1. The monoisotopic (exact) mass is 438 g/mol. The van der Waals surface area contributed by atoms with E-state index in [1.807, 2.05) is 6.92 Å². The molecule has 0 aromatic rings. The highest BCUT2D eigenvalue weighted by Gasteiger charge is 2.77. The van der Waals surface area contributed by atoms with Crippen LogP contribution in [0.25, 0.3) is 0 Å². The summed E-state index contributed by atoms with van der Waals surface area (Å²) < 4.78 is -1.30. The number of likely N-dealkylation sites (tertiary alicyclic amines) is 1. The number of hydrogen-bond acceptors (Lipinski definition) is 5. The van der Waals surface area contributed by atoms with Crippen molar-refractivity contribution in [3.05, 3.63) is 12.7 Å². The van der Waals surface area contributed by atoms with Gasteiger partial charge in [0.1, 0.15) is 6.04 Å². The third kappa shape index (κ3) is 3.36. The zero-order valence-electron chi connectivity index (χ0n) is 18.2. The molecule has 0 aromatic carbocycles. The number of unbranched alkanes of at least 4 members (excludes halogenated alkanes) is 2. The number of fused-ring (bicyclic) bond motifs is 1. The fourth-order valence-corrected chi connectivity index (χ4v) is 8.08. The second kappa shape index (κ2) is 8.54. The van der Waals surface area contributed by atoms with Gasteiger partial charge in [-0.05, 0) is 33.1 Å². The molecule has 8 heteroatoms. The number of amides is 2. The van der Waals surface area contributed by atoms with E-state index in [4.69, 9.17) is 0 Å². The number of aliphatic hydroxyl groups excluding tert-OH is 1. The highest BCUT2D eigenvalue weighted by atomic mass is 32.2. The van der Waals surface area contributed by atoms with Crippen molar-refractivity contribution in [1.29, 1.82) is 0 Å². The van der Waals surface area contributed by atoms with Crippen LogP contribution in [0.15, 0.2) is 12.7 Å². The van der Waals surface area contributed by atoms with Crippen molar-refractivity contribution >= 4 is 29.5 Å². The van der Waals surface area contributed by atoms with Crippen molar-refractivity contribution < 1.29 is 24.6 Å². The predicted octanol–water partition coefficient (Wildman–Crippen LogP) is 2.14. The lowest BCUT2D eigenvalue weighted by Gasteiger charge is -2.38. The molecule has 168 valence electrons. The normalized spacial score (nSPS) is 35.4. The van der Waals surface area contributed by atoms with Gasteiger partial charge in [0, 0.05) is 17.8 Å². The van der Waals surface area contributed by atoms with Gasteiger partial charge in [-0.15, -0.1) is 18.3 Å². The molecule has 2 unspecified atom stereocenters. The molecule has 3 rings (SSSR count). The number of carboxylic acid groups (broad SMARTS) is 1. The summed E-state index contributed by atoms with van der Waals surface area (Å²) >= 11 is 1.53. The smallest absolute Gasteiger partial charge is 0.308 e. The molecule has 3 fully saturated rings. The summed E-state index contributed by atoms with van der Waals surface area (Å²) in [5.74, 6) is -2.97. The summed E-state index contributed by atoms with van der Waals surface area (Å²) in [6, 6.07) is -1.30. The van der Waals surface area contributed by atoms with Gasteiger partial charge >= 0.3 is 5.97 Å². The van der Waals surface area contributed by atoms with Gasteiger partial charge < -0.3 is 20.0 Å². The molecule has 30 heavy (non-hydrogen) atoms. The van der Waals surface area contributed by atoms with Crippen molar-refractivity contribution in [2.24, 2.45) is 11.8 Å². The maximum atomic E-state index is 13.9. The minimum Gasteiger partial charge on any atom is -0.481 e. The second-order valence-corrected chi connectivity index (χ2v) is 11.0. The Bertz CT molecular complexity index is 730. The van der Waals surface area contributed by atoms with E-state index < -0.39 is 39.4 Å². The van der Waals surface area contributed by atoms with Crippen LogP contribution in [0, 0.1) is 11.8 Å². The number of rotatable bonds is 10. The molecule has 2 amide bonds. The summed E-state index contributed by atoms with van der Waals surface area (Å²) in [5.41, 5.74) is 0. The number of carbonyl (C=O) groups excluding carboxylic acids is 2. The summed E-state index contributed by atoms with van der Waals surface area (Å²) in [4.78, 5) is 42.8. The van der Waals surface area contributed by atoms with Crippen LogP contribution in [0.5, 0.6) is 0 Å². The van der Waals surface area contributed by atoms with Gasteiger partial charge in [0.05, 0.1) is 29.2 Å². The van der Waals surface area contributed by atoms with Crippen LogP contribution in [0.3, 0.4) is 0 Å². The molecule has 3 saturated heterocycles. The topological polar surface area (TPSA) is 98.2 Å². The molecule has 3 aliphatic heterocycles. The maximum absolute atomic E-state index is 13.9. The molecule has 2 bridgehead atoms. The number of hydrogen-bond donors (Lipinski definition) is 2. The van der Waals surface area contributed by atoms with Crippen molar-refractivity contribution in [2.45, 2.75) is 74.5 Å². The first-order valence-corrected chi connectivity index (χ1v) is 11.8. The first-order valence-electron chi connectivity index (χ1n) is 10.9. The number of aliphatic hydroxyl groups is 1. The van der Waals surface area contributed by atoms with Crippen molar-refractivity contribution in [3.8, 4) is 0 Å². The van der Waals surface area contributed by atoms with E-state index in [1.165, 1.54) is 16.7 Å².